The van der Waals surface area contributed by atoms with Gasteiger partial charge in [-0.2, -0.15) is 5.10 Å². The molecule has 1 N–H and O–H groups in total. The van der Waals surface area contributed by atoms with E-state index in [1.807, 2.05) is 0 Å². The minimum atomic E-state index is -0.556. The fourth-order valence-corrected chi connectivity index (χ4v) is 2.15. The van der Waals surface area contributed by atoms with Crippen molar-refractivity contribution in [3.8, 4) is 0 Å². The molecule has 0 aliphatic rings. The molecular formula is C16H10ClN3O4. The van der Waals surface area contributed by atoms with Crippen molar-refractivity contribution in [1.82, 2.24) is 5.43 Å². The summed E-state index contributed by atoms with van der Waals surface area (Å²) in [5, 5.41) is 15.7. The number of hydrogen-bond acceptors (Lipinski definition) is 5. The molecule has 2 aromatic carbocycles. The van der Waals surface area contributed by atoms with Crippen molar-refractivity contribution in [2.24, 2.45) is 5.10 Å². The van der Waals surface area contributed by atoms with Crippen molar-refractivity contribution < 1.29 is 14.1 Å². The number of nitrogens with zero attached hydrogens (tertiary/aromatic N) is 2. The first kappa shape index (κ1) is 15.7. The van der Waals surface area contributed by atoms with Crippen molar-refractivity contribution in [2.75, 3.05) is 0 Å². The molecule has 3 rings (SSSR count). The lowest BCUT2D eigenvalue weighted by Crippen LogP contribution is -2.16. The van der Waals surface area contributed by atoms with E-state index in [0.717, 1.165) is 5.56 Å². The molecule has 0 spiro atoms. The Kier molecular flexibility index (Phi) is 4.26. The Hall–Kier alpha value is -3.19. The summed E-state index contributed by atoms with van der Waals surface area (Å²) in [5.74, 6) is -0.544. The zero-order valence-corrected chi connectivity index (χ0v) is 12.9. The Morgan fingerprint density at radius 3 is 2.67 bits per heavy atom. The maximum Gasteiger partial charge on any atom is 0.307 e. The topological polar surface area (TPSA) is 97.7 Å². The van der Waals surface area contributed by atoms with Gasteiger partial charge >= 0.3 is 5.91 Å². The zero-order valence-electron chi connectivity index (χ0n) is 12.1. The first-order chi connectivity index (χ1) is 11.5. The molecule has 0 aliphatic heterocycles. The van der Waals surface area contributed by atoms with Crippen LogP contribution in [0.4, 0.5) is 5.69 Å². The van der Waals surface area contributed by atoms with Crippen molar-refractivity contribution >= 4 is 40.4 Å². The number of halogens is 1. The number of non-ortho nitro benzene ring substituents is 1. The van der Waals surface area contributed by atoms with Gasteiger partial charge in [0, 0.05) is 22.5 Å². The Morgan fingerprint density at radius 2 is 1.96 bits per heavy atom. The predicted octanol–water partition coefficient (Wildman–Crippen LogP) is 3.76. The molecule has 0 bridgehead atoms. The Morgan fingerprint density at radius 1 is 1.21 bits per heavy atom. The lowest BCUT2D eigenvalue weighted by atomic mass is 10.2. The minimum absolute atomic E-state index is 0.0127. The molecule has 0 saturated carbocycles. The van der Waals surface area contributed by atoms with Crippen molar-refractivity contribution in [3.05, 3.63) is 75.0 Å². The number of carbonyl (C=O) groups excluding carboxylic acids is 1. The summed E-state index contributed by atoms with van der Waals surface area (Å²) in [6, 6.07) is 12.4. The number of carbonyl (C=O) groups is 1. The number of rotatable bonds is 4. The maximum atomic E-state index is 12.0. The minimum Gasteiger partial charge on any atom is -0.451 e. The van der Waals surface area contributed by atoms with Gasteiger partial charge in [0.2, 0.25) is 0 Å². The molecule has 7 nitrogen and oxygen atoms in total. The van der Waals surface area contributed by atoms with E-state index in [2.05, 4.69) is 10.5 Å². The number of hydrogen-bond donors (Lipinski definition) is 1. The quantitative estimate of drug-likeness (QED) is 0.443. The van der Waals surface area contributed by atoms with Crippen LogP contribution in [-0.4, -0.2) is 17.0 Å². The number of benzene rings is 2. The molecule has 0 atom stereocenters. The summed E-state index contributed by atoms with van der Waals surface area (Å²) in [6.45, 7) is 0. The molecule has 0 saturated heterocycles. The van der Waals surface area contributed by atoms with Crippen LogP contribution >= 0.6 is 11.6 Å². The second kappa shape index (κ2) is 6.51. The summed E-state index contributed by atoms with van der Waals surface area (Å²) in [5.41, 5.74) is 3.40. The molecule has 0 radical (unpaired) electrons. The van der Waals surface area contributed by atoms with Crippen LogP contribution in [0.15, 0.2) is 58.0 Å². The van der Waals surface area contributed by atoms with E-state index in [9.17, 15) is 14.9 Å². The van der Waals surface area contributed by atoms with Gasteiger partial charge in [-0.3, -0.25) is 14.9 Å². The third kappa shape index (κ3) is 3.41. The number of nitro benzene ring substituents is 1. The summed E-state index contributed by atoms with van der Waals surface area (Å²) >= 11 is 5.78. The van der Waals surface area contributed by atoms with E-state index in [0.29, 0.717) is 16.0 Å². The van der Waals surface area contributed by atoms with Crippen LogP contribution in [0.1, 0.15) is 16.1 Å². The SMILES string of the molecule is O=C(N/N=C\c1ccc(Cl)cc1)c1cc2cc([N+](=O)[O-])ccc2o1. The lowest BCUT2D eigenvalue weighted by Gasteiger charge is -1.95. The van der Waals surface area contributed by atoms with E-state index in [1.165, 1.54) is 30.5 Å². The van der Waals surface area contributed by atoms with Gasteiger partial charge in [-0.25, -0.2) is 5.43 Å². The normalized spacial score (nSPS) is 11.0. The lowest BCUT2D eigenvalue weighted by molar-refractivity contribution is -0.384. The van der Waals surface area contributed by atoms with Crippen molar-refractivity contribution in [1.29, 1.82) is 0 Å². The predicted molar refractivity (Wildman–Crippen MR) is 89.4 cm³/mol. The third-order valence-corrected chi connectivity index (χ3v) is 3.44. The smallest absolute Gasteiger partial charge is 0.307 e. The van der Waals surface area contributed by atoms with E-state index in [-0.39, 0.29) is 11.4 Å². The molecule has 1 aromatic heterocycles. The maximum absolute atomic E-state index is 12.0. The monoisotopic (exact) mass is 343 g/mol. The van der Waals surface area contributed by atoms with Crippen LogP contribution in [0.3, 0.4) is 0 Å². The fourth-order valence-electron chi connectivity index (χ4n) is 2.03. The molecule has 1 amide bonds. The van der Waals surface area contributed by atoms with Gasteiger partial charge in [0.25, 0.3) is 5.69 Å². The number of fused-ring (bicyclic) bond motifs is 1. The van der Waals surface area contributed by atoms with Crippen LogP contribution in [0.5, 0.6) is 0 Å². The van der Waals surface area contributed by atoms with E-state index in [4.69, 9.17) is 16.0 Å². The van der Waals surface area contributed by atoms with Crippen molar-refractivity contribution in [3.63, 3.8) is 0 Å². The van der Waals surface area contributed by atoms with Crippen LogP contribution in [0.2, 0.25) is 5.02 Å². The molecule has 8 heteroatoms. The highest BCUT2D eigenvalue weighted by Crippen LogP contribution is 2.24. The highest BCUT2D eigenvalue weighted by molar-refractivity contribution is 6.30. The first-order valence-electron chi connectivity index (χ1n) is 6.80. The highest BCUT2D eigenvalue weighted by Gasteiger charge is 2.14. The molecule has 1 heterocycles. The fraction of sp³-hybridized carbons (Fsp3) is 0. The molecule has 0 aliphatic carbocycles. The Balaban J connectivity index is 1.73. The largest absolute Gasteiger partial charge is 0.451 e. The second-order valence-electron chi connectivity index (χ2n) is 4.84. The van der Waals surface area contributed by atoms with Crippen LogP contribution < -0.4 is 5.43 Å². The van der Waals surface area contributed by atoms with Gasteiger partial charge in [-0.1, -0.05) is 23.7 Å². The molecule has 3 aromatic rings. The van der Waals surface area contributed by atoms with Gasteiger partial charge in [0.1, 0.15) is 5.58 Å². The summed E-state index contributed by atoms with van der Waals surface area (Å²) in [7, 11) is 0. The standard InChI is InChI=1S/C16H10ClN3O4/c17-12-3-1-10(2-4-12)9-18-19-16(21)15-8-11-7-13(20(22)23)5-6-14(11)24-15/h1-9H,(H,19,21)/b18-9-. The van der Waals surface area contributed by atoms with Crippen LogP contribution in [-0.2, 0) is 0 Å². The van der Waals surface area contributed by atoms with Gasteiger partial charge in [0.05, 0.1) is 11.1 Å². The van der Waals surface area contributed by atoms with Gasteiger partial charge in [-0.15, -0.1) is 0 Å². The molecule has 0 unspecified atom stereocenters. The van der Waals surface area contributed by atoms with Crippen LogP contribution in [0, 0.1) is 10.1 Å². The summed E-state index contributed by atoms with van der Waals surface area (Å²) in [6.07, 6.45) is 1.46. The van der Waals surface area contributed by atoms with Crippen LogP contribution in [0.25, 0.3) is 11.0 Å². The number of hydrazone groups is 1. The number of nitro groups is 1. The molecule has 120 valence electrons. The number of amides is 1. The average molecular weight is 344 g/mol. The van der Waals surface area contributed by atoms with Gasteiger partial charge in [-0.05, 0) is 29.8 Å². The Bertz CT molecular complexity index is 948. The molecule has 24 heavy (non-hydrogen) atoms. The molecule has 0 fully saturated rings. The zero-order chi connectivity index (χ0) is 17.1. The third-order valence-electron chi connectivity index (χ3n) is 3.18. The number of furan rings is 1. The average Bonchev–Trinajstić information content (AvgIpc) is 2.99. The van der Waals surface area contributed by atoms with E-state index >= 15 is 0 Å². The summed E-state index contributed by atoms with van der Waals surface area (Å²) in [4.78, 5) is 22.2. The van der Waals surface area contributed by atoms with Gasteiger partial charge < -0.3 is 4.42 Å². The van der Waals surface area contributed by atoms with Crippen molar-refractivity contribution in [2.45, 2.75) is 0 Å². The van der Waals surface area contributed by atoms with E-state index in [1.54, 1.807) is 24.3 Å². The highest BCUT2D eigenvalue weighted by atomic mass is 35.5. The number of nitrogens with one attached hydrogen (secondary N) is 1. The summed E-state index contributed by atoms with van der Waals surface area (Å²) < 4.78 is 5.36. The second-order valence-corrected chi connectivity index (χ2v) is 5.28. The van der Waals surface area contributed by atoms with Gasteiger partial charge in [0.15, 0.2) is 5.76 Å². The van der Waals surface area contributed by atoms with E-state index < -0.39 is 10.8 Å². The first-order valence-corrected chi connectivity index (χ1v) is 7.18. The molecular weight excluding hydrogens is 334 g/mol. The Labute approximate surface area is 140 Å².